The zero-order valence-corrected chi connectivity index (χ0v) is 15.8. The summed E-state index contributed by atoms with van der Waals surface area (Å²) in [4.78, 5) is 2.01. The summed E-state index contributed by atoms with van der Waals surface area (Å²) in [7, 11) is 4.42. The molecular formula is C17H26F2N3S2+. The van der Waals surface area contributed by atoms with Crippen LogP contribution in [0.5, 0.6) is 0 Å². The van der Waals surface area contributed by atoms with E-state index in [1.807, 2.05) is 0 Å². The van der Waals surface area contributed by atoms with Crippen molar-refractivity contribution in [1.82, 2.24) is 5.32 Å². The summed E-state index contributed by atoms with van der Waals surface area (Å²) in [5.41, 5.74) is 1.04. The van der Waals surface area contributed by atoms with E-state index in [0.29, 0.717) is 21.8 Å². The monoisotopic (exact) mass is 374 g/mol. The highest BCUT2D eigenvalue weighted by atomic mass is 32.2. The lowest BCUT2D eigenvalue weighted by Crippen LogP contribution is -3.16. The summed E-state index contributed by atoms with van der Waals surface area (Å²) in [5.74, 6) is -2.40. The average Bonchev–Trinajstić information content (AvgIpc) is 2.55. The van der Waals surface area contributed by atoms with Crippen LogP contribution in [0.25, 0.3) is 0 Å². The maximum absolute atomic E-state index is 12.3. The highest BCUT2D eigenvalue weighted by Crippen LogP contribution is 2.26. The van der Waals surface area contributed by atoms with Gasteiger partial charge in [0.15, 0.2) is 5.11 Å². The van der Waals surface area contributed by atoms with Crippen molar-refractivity contribution >= 4 is 34.8 Å². The minimum atomic E-state index is -2.40. The summed E-state index contributed by atoms with van der Waals surface area (Å²) in [6.07, 6.45) is 6.29. The van der Waals surface area contributed by atoms with Crippen molar-refractivity contribution in [3.05, 3.63) is 24.3 Å². The zero-order valence-electron chi connectivity index (χ0n) is 14.2. The summed E-state index contributed by atoms with van der Waals surface area (Å²) in [5, 5.41) is 7.06. The fourth-order valence-corrected chi connectivity index (χ4v) is 3.92. The topological polar surface area (TPSA) is 28.5 Å². The van der Waals surface area contributed by atoms with E-state index in [1.54, 1.807) is 24.3 Å². The fraction of sp³-hybridized carbons (Fsp3) is 0.588. The van der Waals surface area contributed by atoms with E-state index in [1.165, 1.54) is 37.0 Å². The molecule has 1 fully saturated rings. The summed E-state index contributed by atoms with van der Waals surface area (Å²) >= 11 is 5.93. The SMILES string of the molecule is C[NH+](C)C1(CNC(=S)Nc2ccc(SC(F)F)cc2)CCCCC1. The fourth-order valence-electron chi connectivity index (χ4n) is 3.23. The van der Waals surface area contributed by atoms with Gasteiger partial charge in [-0.2, -0.15) is 8.78 Å². The van der Waals surface area contributed by atoms with E-state index in [9.17, 15) is 8.78 Å². The van der Waals surface area contributed by atoms with E-state index in [2.05, 4.69) is 24.7 Å². The maximum Gasteiger partial charge on any atom is 0.288 e. The molecular weight excluding hydrogens is 348 g/mol. The van der Waals surface area contributed by atoms with Crippen molar-refractivity contribution < 1.29 is 13.7 Å². The molecule has 0 amide bonds. The molecule has 0 radical (unpaired) electrons. The molecule has 7 heteroatoms. The molecule has 1 aromatic carbocycles. The molecule has 1 saturated carbocycles. The molecule has 0 aromatic heterocycles. The van der Waals surface area contributed by atoms with Gasteiger partial charge in [-0.15, -0.1) is 0 Å². The van der Waals surface area contributed by atoms with Gasteiger partial charge in [0.1, 0.15) is 5.54 Å². The van der Waals surface area contributed by atoms with Crippen LogP contribution in [0.2, 0.25) is 0 Å². The number of hydrogen-bond donors (Lipinski definition) is 3. The number of benzene rings is 1. The predicted molar refractivity (Wildman–Crippen MR) is 101 cm³/mol. The molecule has 0 heterocycles. The van der Waals surface area contributed by atoms with Crippen LogP contribution in [0.4, 0.5) is 14.5 Å². The van der Waals surface area contributed by atoms with Gasteiger partial charge in [-0.05, 0) is 49.3 Å². The van der Waals surface area contributed by atoms with Crippen molar-refractivity contribution in [1.29, 1.82) is 0 Å². The second-order valence-electron chi connectivity index (χ2n) is 6.55. The number of nitrogens with one attached hydrogen (secondary N) is 3. The van der Waals surface area contributed by atoms with Gasteiger partial charge in [0.2, 0.25) is 0 Å². The van der Waals surface area contributed by atoms with Crippen LogP contribution in [0.3, 0.4) is 0 Å². The minimum absolute atomic E-state index is 0.238. The number of alkyl halides is 2. The minimum Gasteiger partial charge on any atom is -0.356 e. The lowest BCUT2D eigenvalue weighted by atomic mass is 9.80. The Bertz CT molecular complexity index is 529. The van der Waals surface area contributed by atoms with Crippen LogP contribution >= 0.6 is 24.0 Å². The zero-order chi connectivity index (χ0) is 17.6. The third kappa shape index (κ3) is 5.57. The van der Waals surface area contributed by atoms with Crippen LogP contribution in [0, 0.1) is 0 Å². The van der Waals surface area contributed by atoms with Gasteiger partial charge in [0, 0.05) is 23.4 Å². The first-order valence-corrected chi connectivity index (χ1v) is 9.60. The van der Waals surface area contributed by atoms with E-state index >= 15 is 0 Å². The van der Waals surface area contributed by atoms with E-state index in [0.717, 1.165) is 12.2 Å². The lowest BCUT2D eigenvalue weighted by Gasteiger charge is -2.40. The van der Waals surface area contributed by atoms with Crippen LogP contribution < -0.4 is 15.5 Å². The Balaban J connectivity index is 1.86. The highest BCUT2D eigenvalue weighted by Gasteiger charge is 2.37. The number of halogens is 2. The second-order valence-corrected chi connectivity index (χ2v) is 8.02. The van der Waals surface area contributed by atoms with Gasteiger partial charge in [0.25, 0.3) is 5.76 Å². The van der Waals surface area contributed by atoms with Crippen molar-refractivity contribution in [3.8, 4) is 0 Å². The number of likely N-dealkylation sites (N-methyl/N-ethyl adjacent to an activating group) is 1. The van der Waals surface area contributed by atoms with Crippen LogP contribution in [0.15, 0.2) is 29.2 Å². The van der Waals surface area contributed by atoms with Crippen LogP contribution in [-0.4, -0.2) is 37.0 Å². The third-order valence-electron chi connectivity index (χ3n) is 4.80. The summed E-state index contributed by atoms with van der Waals surface area (Å²) in [6, 6.07) is 6.89. The van der Waals surface area contributed by atoms with Crippen molar-refractivity contribution in [2.45, 2.75) is 48.3 Å². The lowest BCUT2D eigenvalue weighted by molar-refractivity contribution is -0.916. The Morgan fingerprint density at radius 3 is 2.38 bits per heavy atom. The number of thioether (sulfide) groups is 1. The van der Waals surface area contributed by atoms with Crippen LogP contribution in [0.1, 0.15) is 32.1 Å². The highest BCUT2D eigenvalue weighted by molar-refractivity contribution is 7.99. The van der Waals surface area contributed by atoms with Gasteiger partial charge >= 0.3 is 0 Å². The summed E-state index contributed by atoms with van der Waals surface area (Å²) < 4.78 is 24.6. The Labute approximate surface area is 152 Å². The van der Waals surface area contributed by atoms with E-state index in [4.69, 9.17) is 12.2 Å². The van der Waals surface area contributed by atoms with Gasteiger partial charge in [0.05, 0.1) is 20.6 Å². The van der Waals surface area contributed by atoms with Gasteiger partial charge in [-0.3, -0.25) is 0 Å². The molecule has 0 saturated heterocycles. The van der Waals surface area contributed by atoms with Crippen molar-refractivity contribution in [3.63, 3.8) is 0 Å². The van der Waals surface area contributed by atoms with Crippen LogP contribution in [-0.2, 0) is 0 Å². The van der Waals surface area contributed by atoms with Crippen molar-refractivity contribution in [2.75, 3.05) is 26.0 Å². The Kier molecular flexibility index (Phi) is 7.25. The Morgan fingerprint density at radius 2 is 1.83 bits per heavy atom. The largest absolute Gasteiger partial charge is 0.356 e. The quantitative estimate of drug-likeness (QED) is 0.527. The number of thiocarbonyl (C=S) groups is 1. The molecule has 3 nitrogen and oxygen atoms in total. The first-order valence-electron chi connectivity index (χ1n) is 8.32. The second kappa shape index (κ2) is 8.97. The van der Waals surface area contributed by atoms with Gasteiger partial charge < -0.3 is 15.5 Å². The smallest absolute Gasteiger partial charge is 0.288 e. The molecule has 0 bridgehead atoms. The molecule has 1 aliphatic rings. The molecule has 134 valence electrons. The molecule has 1 aromatic rings. The third-order valence-corrected chi connectivity index (χ3v) is 5.76. The molecule has 2 rings (SSSR count). The first kappa shape index (κ1) is 19.4. The van der Waals surface area contributed by atoms with E-state index in [-0.39, 0.29) is 5.54 Å². The number of hydrogen-bond acceptors (Lipinski definition) is 2. The number of anilines is 1. The molecule has 1 aliphatic carbocycles. The predicted octanol–water partition coefficient (Wildman–Crippen LogP) is 3.14. The standard InChI is InChI=1S/C17H25F2N3S2/c1-22(2)17(10-4-3-5-11-17)12-20-16(23)21-13-6-8-14(9-7-13)24-15(18)19/h6-9,15H,3-5,10-12H2,1-2H3,(H2,20,21,23)/p+1. The summed E-state index contributed by atoms with van der Waals surface area (Å²) in [6.45, 7) is 0.848. The molecule has 3 N–H and O–H groups in total. The van der Waals surface area contributed by atoms with Gasteiger partial charge in [-0.25, -0.2) is 0 Å². The van der Waals surface area contributed by atoms with Crippen molar-refractivity contribution in [2.24, 2.45) is 0 Å². The molecule has 0 aliphatic heterocycles. The Hall–Kier alpha value is -0.920. The molecule has 0 spiro atoms. The first-order chi connectivity index (χ1) is 11.4. The normalized spacial score (nSPS) is 17.1. The molecule has 0 atom stereocenters. The average molecular weight is 375 g/mol. The number of quaternary nitrogens is 1. The number of rotatable bonds is 6. The van der Waals surface area contributed by atoms with Gasteiger partial charge in [-0.1, -0.05) is 18.2 Å². The Morgan fingerprint density at radius 1 is 1.21 bits per heavy atom. The van der Waals surface area contributed by atoms with E-state index < -0.39 is 5.76 Å². The maximum atomic E-state index is 12.3. The molecule has 24 heavy (non-hydrogen) atoms. The molecule has 0 unspecified atom stereocenters.